The number of hydrogen-bond donors (Lipinski definition) is 2. The molecule has 1 saturated heterocycles. The summed E-state index contributed by atoms with van der Waals surface area (Å²) < 4.78 is 10.6. The van der Waals surface area contributed by atoms with Crippen molar-refractivity contribution in [3.8, 4) is 0 Å². The molecule has 0 spiro atoms. The molecule has 1 aliphatic heterocycles. The summed E-state index contributed by atoms with van der Waals surface area (Å²) in [6, 6.07) is 10.1. The number of carbonyl (C=O) groups is 3. The molecule has 1 fully saturated rings. The number of rotatable bonds is 5. The minimum Gasteiger partial charge on any atom is -0.458 e. The smallest absolute Gasteiger partial charge is 0.325 e. The van der Waals surface area contributed by atoms with E-state index in [-0.39, 0.29) is 24.7 Å². The third kappa shape index (κ3) is 3.00. The van der Waals surface area contributed by atoms with Gasteiger partial charge in [0.15, 0.2) is 11.4 Å². The van der Waals surface area contributed by atoms with Crippen molar-refractivity contribution in [3.05, 3.63) is 47.9 Å². The molecule has 1 unspecified atom stereocenters. The monoisotopic (exact) mass is 382 g/mol. The molecule has 0 saturated carbocycles. The molecule has 144 valence electrons. The van der Waals surface area contributed by atoms with E-state index < -0.39 is 17.5 Å². The number of amides is 4. The zero-order valence-corrected chi connectivity index (χ0v) is 15.3. The van der Waals surface area contributed by atoms with Crippen molar-refractivity contribution in [2.75, 3.05) is 11.9 Å². The molecule has 0 aliphatic carbocycles. The van der Waals surface area contributed by atoms with Crippen molar-refractivity contribution in [3.63, 3.8) is 0 Å². The Labute approximate surface area is 159 Å². The highest BCUT2D eigenvalue weighted by molar-refractivity contribution is 6.07. The van der Waals surface area contributed by atoms with Gasteiger partial charge < -0.3 is 19.6 Å². The van der Waals surface area contributed by atoms with Crippen molar-refractivity contribution < 1.29 is 23.3 Å². The first-order valence-electron chi connectivity index (χ1n) is 8.73. The molecule has 0 bridgehead atoms. The number of fused-ring (bicyclic) bond motifs is 1. The first kappa shape index (κ1) is 17.8. The van der Waals surface area contributed by atoms with Crippen LogP contribution in [0.25, 0.3) is 11.0 Å². The van der Waals surface area contributed by atoms with Crippen molar-refractivity contribution in [2.45, 2.75) is 25.8 Å². The van der Waals surface area contributed by atoms with Gasteiger partial charge in [-0.3, -0.25) is 14.5 Å². The van der Waals surface area contributed by atoms with Gasteiger partial charge in [0.05, 0.1) is 0 Å². The molecule has 3 aromatic rings. The zero-order chi connectivity index (χ0) is 19.9. The van der Waals surface area contributed by atoms with Crippen LogP contribution in [-0.4, -0.2) is 34.4 Å². The van der Waals surface area contributed by atoms with Crippen molar-refractivity contribution in [2.24, 2.45) is 0 Å². The van der Waals surface area contributed by atoms with Crippen LogP contribution in [0.15, 0.2) is 45.3 Å². The standard InChI is InChI=1S/C19H18N4O5/c1-11-9-15(22-28-11)20-16(24)7-8-23-17(25)19(2,21-18(23)26)14-10-12-5-3-4-6-13(12)27-14/h3-6,9-10H,7-8H2,1-2H3,(H,21,26)(H,20,22,24). The molecule has 1 aliphatic rings. The number of nitrogens with zero attached hydrogens (tertiary/aromatic N) is 2. The Balaban J connectivity index is 1.46. The highest BCUT2D eigenvalue weighted by Crippen LogP contribution is 2.33. The second kappa shape index (κ2) is 6.52. The molecule has 9 heteroatoms. The Morgan fingerprint density at radius 3 is 2.79 bits per heavy atom. The third-order valence-corrected chi connectivity index (χ3v) is 4.65. The summed E-state index contributed by atoms with van der Waals surface area (Å²) in [5.74, 6) is 0.336. The molecule has 28 heavy (non-hydrogen) atoms. The molecular weight excluding hydrogens is 364 g/mol. The zero-order valence-electron chi connectivity index (χ0n) is 15.3. The van der Waals surface area contributed by atoms with Gasteiger partial charge in [-0.2, -0.15) is 0 Å². The van der Waals surface area contributed by atoms with Gasteiger partial charge in [0, 0.05) is 24.4 Å². The summed E-state index contributed by atoms with van der Waals surface area (Å²) in [5, 5.41) is 9.73. The van der Waals surface area contributed by atoms with Crippen LogP contribution in [-0.2, 0) is 15.1 Å². The number of nitrogens with one attached hydrogen (secondary N) is 2. The maximum Gasteiger partial charge on any atom is 0.325 e. The van der Waals surface area contributed by atoms with E-state index in [2.05, 4.69) is 15.8 Å². The van der Waals surface area contributed by atoms with Crippen LogP contribution < -0.4 is 10.6 Å². The number of aryl methyl sites for hydroxylation is 1. The third-order valence-electron chi connectivity index (χ3n) is 4.65. The quantitative estimate of drug-likeness (QED) is 0.655. The van der Waals surface area contributed by atoms with E-state index in [1.807, 2.05) is 18.2 Å². The summed E-state index contributed by atoms with van der Waals surface area (Å²) in [6.45, 7) is 3.22. The van der Waals surface area contributed by atoms with Gasteiger partial charge in [-0.25, -0.2) is 4.79 Å². The second-order valence-electron chi connectivity index (χ2n) is 6.78. The van der Waals surface area contributed by atoms with Gasteiger partial charge >= 0.3 is 6.03 Å². The predicted molar refractivity (Wildman–Crippen MR) is 98.3 cm³/mol. The summed E-state index contributed by atoms with van der Waals surface area (Å²) in [6.07, 6.45) is -0.0682. The number of anilines is 1. The normalized spacial score (nSPS) is 19.3. The van der Waals surface area contributed by atoms with Gasteiger partial charge in [-0.05, 0) is 26.0 Å². The SMILES string of the molecule is Cc1cc(NC(=O)CCN2C(=O)NC(C)(c3cc4ccccc4o3)C2=O)no1. The minimum atomic E-state index is -1.32. The van der Waals surface area contributed by atoms with E-state index in [9.17, 15) is 14.4 Å². The molecular formula is C19H18N4O5. The van der Waals surface area contributed by atoms with Crippen LogP contribution in [0.5, 0.6) is 0 Å². The lowest BCUT2D eigenvalue weighted by Gasteiger charge is -2.18. The lowest BCUT2D eigenvalue weighted by Crippen LogP contribution is -2.40. The fourth-order valence-corrected chi connectivity index (χ4v) is 3.14. The number of furan rings is 1. The van der Waals surface area contributed by atoms with Gasteiger partial charge in [-0.15, -0.1) is 0 Å². The molecule has 3 heterocycles. The van der Waals surface area contributed by atoms with Crippen LogP contribution in [0.3, 0.4) is 0 Å². The van der Waals surface area contributed by atoms with E-state index >= 15 is 0 Å². The summed E-state index contributed by atoms with van der Waals surface area (Å²) >= 11 is 0. The van der Waals surface area contributed by atoms with Crippen LogP contribution in [0.2, 0.25) is 0 Å². The lowest BCUT2D eigenvalue weighted by atomic mass is 9.99. The number of hydrogen-bond acceptors (Lipinski definition) is 6. The number of benzene rings is 1. The fraction of sp³-hybridized carbons (Fsp3) is 0.263. The van der Waals surface area contributed by atoms with Crippen LogP contribution in [0.4, 0.5) is 10.6 Å². The maximum atomic E-state index is 12.9. The van der Waals surface area contributed by atoms with Gasteiger partial charge in [0.25, 0.3) is 5.91 Å². The molecule has 9 nitrogen and oxygen atoms in total. The number of aromatic nitrogens is 1. The first-order valence-corrected chi connectivity index (χ1v) is 8.73. The molecule has 4 rings (SSSR count). The Morgan fingerprint density at radius 1 is 1.29 bits per heavy atom. The highest BCUT2D eigenvalue weighted by atomic mass is 16.5. The minimum absolute atomic E-state index is 0.0663. The van der Waals surface area contributed by atoms with Gasteiger partial charge in [-0.1, -0.05) is 23.4 Å². The van der Waals surface area contributed by atoms with Crippen LogP contribution in [0, 0.1) is 6.92 Å². The number of imide groups is 1. The van der Waals surface area contributed by atoms with Crippen LogP contribution >= 0.6 is 0 Å². The van der Waals surface area contributed by atoms with E-state index in [0.29, 0.717) is 17.1 Å². The van der Waals surface area contributed by atoms with E-state index in [1.165, 1.54) is 0 Å². The average molecular weight is 382 g/mol. The number of para-hydroxylation sites is 1. The number of urea groups is 1. The largest absolute Gasteiger partial charge is 0.458 e. The summed E-state index contributed by atoms with van der Waals surface area (Å²) in [5.41, 5.74) is -0.697. The molecule has 4 amide bonds. The van der Waals surface area contributed by atoms with Crippen LogP contribution in [0.1, 0.15) is 24.9 Å². The molecule has 2 N–H and O–H groups in total. The molecule has 2 aromatic heterocycles. The number of carbonyl (C=O) groups excluding carboxylic acids is 3. The van der Waals surface area contributed by atoms with Gasteiger partial charge in [0.1, 0.15) is 17.1 Å². The van der Waals surface area contributed by atoms with E-state index in [1.54, 1.807) is 32.0 Å². The lowest BCUT2D eigenvalue weighted by molar-refractivity contribution is -0.131. The molecule has 1 atom stereocenters. The topological polar surface area (TPSA) is 118 Å². The second-order valence-corrected chi connectivity index (χ2v) is 6.78. The predicted octanol–water partition coefficient (Wildman–Crippen LogP) is 2.53. The summed E-state index contributed by atoms with van der Waals surface area (Å²) in [7, 11) is 0. The Kier molecular flexibility index (Phi) is 4.14. The van der Waals surface area contributed by atoms with Crippen molar-refractivity contribution in [1.29, 1.82) is 0 Å². The Morgan fingerprint density at radius 2 is 2.07 bits per heavy atom. The first-order chi connectivity index (χ1) is 13.4. The molecule has 0 radical (unpaired) electrons. The Bertz CT molecular complexity index is 1050. The van der Waals surface area contributed by atoms with Gasteiger partial charge in [0.2, 0.25) is 5.91 Å². The van der Waals surface area contributed by atoms with Crippen molar-refractivity contribution in [1.82, 2.24) is 15.4 Å². The molecule has 1 aromatic carbocycles. The fourth-order valence-electron chi connectivity index (χ4n) is 3.14. The van der Waals surface area contributed by atoms with Crippen molar-refractivity contribution >= 4 is 34.6 Å². The Hall–Kier alpha value is -3.62. The summed E-state index contributed by atoms with van der Waals surface area (Å²) in [4.78, 5) is 38.3. The highest BCUT2D eigenvalue weighted by Gasteiger charge is 2.51. The van der Waals surface area contributed by atoms with E-state index in [4.69, 9.17) is 8.94 Å². The maximum absolute atomic E-state index is 12.9. The average Bonchev–Trinajstić information content (AvgIpc) is 3.32. The van der Waals surface area contributed by atoms with E-state index in [0.717, 1.165) is 10.3 Å².